The molecule has 2 atom stereocenters. The molecule has 0 aromatic heterocycles. The molecule has 7 nitrogen and oxygen atoms in total. The maximum absolute atomic E-state index is 12.0. The summed E-state index contributed by atoms with van der Waals surface area (Å²) in [7, 11) is 0. The van der Waals surface area contributed by atoms with E-state index in [1.165, 1.54) is 0 Å². The van der Waals surface area contributed by atoms with Crippen LogP contribution in [0.1, 0.15) is 37.6 Å². The van der Waals surface area contributed by atoms with Gasteiger partial charge in [0.05, 0.1) is 24.4 Å². The van der Waals surface area contributed by atoms with Crippen molar-refractivity contribution < 1.29 is 19.1 Å². The molecular weight excluding hydrogens is 334 g/mol. The van der Waals surface area contributed by atoms with Gasteiger partial charge in [-0.05, 0) is 44.5 Å². The van der Waals surface area contributed by atoms with E-state index < -0.39 is 0 Å². The van der Waals surface area contributed by atoms with Gasteiger partial charge in [-0.15, -0.1) is 0 Å². The number of esters is 1. The molecule has 0 unspecified atom stereocenters. The summed E-state index contributed by atoms with van der Waals surface area (Å²) in [5.74, 6) is -0.350. The molecule has 1 fully saturated rings. The van der Waals surface area contributed by atoms with Gasteiger partial charge in [0.1, 0.15) is 0 Å². The third-order valence-corrected chi connectivity index (χ3v) is 4.02. The van der Waals surface area contributed by atoms with E-state index in [1.54, 1.807) is 24.3 Å². The second-order valence-electron chi connectivity index (χ2n) is 6.61. The number of rotatable bonds is 7. The zero-order valence-electron chi connectivity index (χ0n) is 15.8. The highest BCUT2D eigenvalue weighted by Gasteiger charge is 2.21. The number of amides is 2. The fourth-order valence-electron chi connectivity index (χ4n) is 2.94. The van der Waals surface area contributed by atoms with Gasteiger partial charge in [-0.3, -0.25) is 4.90 Å². The van der Waals surface area contributed by atoms with Crippen LogP contribution in [-0.2, 0) is 9.47 Å². The van der Waals surface area contributed by atoms with E-state index in [4.69, 9.17) is 9.47 Å². The average Bonchev–Trinajstić information content (AvgIpc) is 2.59. The van der Waals surface area contributed by atoms with E-state index in [0.29, 0.717) is 24.4 Å². The Kier molecular flexibility index (Phi) is 7.87. The predicted molar refractivity (Wildman–Crippen MR) is 100 cm³/mol. The van der Waals surface area contributed by atoms with Crippen molar-refractivity contribution in [3.05, 3.63) is 29.8 Å². The molecule has 1 aliphatic heterocycles. The summed E-state index contributed by atoms with van der Waals surface area (Å²) >= 11 is 0. The number of ether oxygens (including phenoxy) is 2. The molecule has 0 bridgehead atoms. The largest absolute Gasteiger partial charge is 0.462 e. The van der Waals surface area contributed by atoms with Gasteiger partial charge in [-0.1, -0.05) is 6.92 Å². The molecule has 0 radical (unpaired) electrons. The van der Waals surface area contributed by atoms with Crippen molar-refractivity contribution in [2.24, 2.45) is 0 Å². The fraction of sp³-hybridized carbons (Fsp3) is 0.579. The second-order valence-corrected chi connectivity index (χ2v) is 6.61. The zero-order valence-corrected chi connectivity index (χ0v) is 15.8. The summed E-state index contributed by atoms with van der Waals surface area (Å²) in [6.07, 6.45) is 1.22. The molecule has 1 aliphatic rings. The number of anilines is 1. The Labute approximate surface area is 155 Å². The molecule has 26 heavy (non-hydrogen) atoms. The quantitative estimate of drug-likeness (QED) is 0.728. The van der Waals surface area contributed by atoms with Crippen LogP contribution in [0.25, 0.3) is 0 Å². The lowest BCUT2D eigenvalue weighted by molar-refractivity contribution is -0.0672. The highest BCUT2D eigenvalue weighted by molar-refractivity contribution is 5.92. The summed E-state index contributed by atoms with van der Waals surface area (Å²) in [6, 6.07) is 6.40. The number of benzene rings is 1. The van der Waals surface area contributed by atoms with Crippen molar-refractivity contribution in [1.29, 1.82) is 0 Å². The Bertz CT molecular complexity index is 581. The average molecular weight is 363 g/mol. The van der Waals surface area contributed by atoms with E-state index in [9.17, 15) is 9.59 Å². The number of carbonyl (C=O) groups is 2. The van der Waals surface area contributed by atoms with Gasteiger partial charge in [0.15, 0.2) is 0 Å². The fourth-order valence-corrected chi connectivity index (χ4v) is 2.94. The minimum atomic E-state index is -0.350. The van der Waals surface area contributed by atoms with Crippen LogP contribution in [0.5, 0.6) is 0 Å². The van der Waals surface area contributed by atoms with E-state index >= 15 is 0 Å². The highest BCUT2D eigenvalue weighted by atomic mass is 16.5. The molecule has 144 valence electrons. The minimum Gasteiger partial charge on any atom is -0.462 e. The number of nitrogens with zero attached hydrogens (tertiary/aromatic N) is 1. The SMILES string of the molecule is CCCOC(=O)c1ccc(NC(=O)NCCN2C[C@@H](C)O[C@@H](C)C2)cc1. The molecule has 1 heterocycles. The highest BCUT2D eigenvalue weighted by Crippen LogP contribution is 2.11. The van der Waals surface area contributed by atoms with Gasteiger partial charge >= 0.3 is 12.0 Å². The maximum Gasteiger partial charge on any atom is 0.338 e. The molecule has 2 amide bonds. The standard InChI is InChI=1S/C19H29N3O4/c1-4-11-25-18(23)16-5-7-17(8-6-16)21-19(24)20-9-10-22-12-14(2)26-15(3)13-22/h5-8,14-15H,4,9-13H2,1-3H3,(H2,20,21,24)/t14-,15+. The molecule has 7 heteroatoms. The molecule has 0 aliphatic carbocycles. The summed E-state index contributed by atoms with van der Waals surface area (Å²) in [4.78, 5) is 26.0. The van der Waals surface area contributed by atoms with E-state index in [1.807, 2.05) is 6.92 Å². The summed E-state index contributed by atoms with van der Waals surface area (Å²) in [6.45, 7) is 9.57. The topological polar surface area (TPSA) is 79.9 Å². The Morgan fingerprint density at radius 1 is 1.19 bits per heavy atom. The molecular formula is C19H29N3O4. The van der Waals surface area contributed by atoms with Crippen molar-refractivity contribution in [2.45, 2.75) is 39.4 Å². The Morgan fingerprint density at radius 2 is 1.85 bits per heavy atom. The molecule has 1 aromatic rings. The monoisotopic (exact) mass is 363 g/mol. The summed E-state index contributed by atoms with van der Waals surface area (Å²) in [5, 5.41) is 5.61. The first-order chi connectivity index (χ1) is 12.5. The number of nitrogens with one attached hydrogen (secondary N) is 2. The van der Waals surface area contributed by atoms with E-state index in [-0.39, 0.29) is 24.2 Å². The van der Waals surface area contributed by atoms with Gasteiger partial charge in [0, 0.05) is 31.9 Å². The summed E-state index contributed by atoms with van der Waals surface area (Å²) in [5.41, 5.74) is 1.10. The first-order valence-electron chi connectivity index (χ1n) is 9.17. The van der Waals surface area contributed by atoms with Crippen molar-refractivity contribution in [2.75, 3.05) is 38.1 Å². The molecule has 2 rings (SSSR count). The smallest absolute Gasteiger partial charge is 0.338 e. The number of urea groups is 1. The van der Waals surface area contributed by atoms with Gasteiger partial charge in [0.25, 0.3) is 0 Å². The molecule has 2 N–H and O–H groups in total. The molecule has 0 spiro atoms. The van der Waals surface area contributed by atoms with Gasteiger partial charge in [0.2, 0.25) is 0 Å². The van der Waals surface area contributed by atoms with Crippen LogP contribution < -0.4 is 10.6 Å². The normalized spacial score (nSPS) is 20.4. The third-order valence-electron chi connectivity index (χ3n) is 4.02. The number of hydrogen-bond donors (Lipinski definition) is 2. The molecule has 1 aromatic carbocycles. The Morgan fingerprint density at radius 3 is 2.46 bits per heavy atom. The number of hydrogen-bond acceptors (Lipinski definition) is 5. The zero-order chi connectivity index (χ0) is 18.9. The lowest BCUT2D eigenvalue weighted by Gasteiger charge is -2.35. The van der Waals surface area contributed by atoms with Crippen LogP contribution in [0, 0.1) is 0 Å². The second kappa shape index (κ2) is 10.1. The van der Waals surface area contributed by atoms with Gasteiger partial charge in [-0.25, -0.2) is 9.59 Å². The first kappa shape index (κ1) is 20.2. The molecule has 0 saturated carbocycles. The van der Waals surface area contributed by atoms with Crippen LogP contribution >= 0.6 is 0 Å². The number of morpholine rings is 1. The minimum absolute atomic E-state index is 0.218. The first-order valence-corrected chi connectivity index (χ1v) is 9.17. The third kappa shape index (κ3) is 6.65. The van der Waals surface area contributed by atoms with Crippen molar-refractivity contribution in [3.8, 4) is 0 Å². The van der Waals surface area contributed by atoms with Crippen molar-refractivity contribution in [1.82, 2.24) is 10.2 Å². The van der Waals surface area contributed by atoms with Gasteiger partial charge < -0.3 is 20.1 Å². The van der Waals surface area contributed by atoms with Gasteiger partial charge in [-0.2, -0.15) is 0 Å². The lowest BCUT2D eigenvalue weighted by atomic mass is 10.2. The van der Waals surface area contributed by atoms with Crippen molar-refractivity contribution in [3.63, 3.8) is 0 Å². The van der Waals surface area contributed by atoms with Crippen LogP contribution in [-0.4, -0.2) is 61.9 Å². The van der Waals surface area contributed by atoms with E-state index in [2.05, 4.69) is 29.4 Å². The molecule has 1 saturated heterocycles. The lowest BCUT2D eigenvalue weighted by Crippen LogP contribution is -2.48. The Balaban J connectivity index is 1.71. The van der Waals surface area contributed by atoms with Crippen LogP contribution in [0.4, 0.5) is 10.5 Å². The predicted octanol–water partition coefficient (Wildman–Crippen LogP) is 2.48. The van der Waals surface area contributed by atoms with Crippen LogP contribution in [0.15, 0.2) is 24.3 Å². The van der Waals surface area contributed by atoms with Crippen LogP contribution in [0.2, 0.25) is 0 Å². The number of carbonyl (C=O) groups excluding carboxylic acids is 2. The van der Waals surface area contributed by atoms with E-state index in [0.717, 1.165) is 26.1 Å². The summed E-state index contributed by atoms with van der Waals surface area (Å²) < 4.78 is 10.8. The Hall–Kier alpha value is -2.12. The van der Waals surface area contributed by atoms with Crippen LogP contribution in [0.3, 0.4) is 0 Å². The maximum atomic E-state index is 12.0. The van der Waals surface area contributed by atoms with Crippen molar-refractivity contribution >= 4 is 17.7 Å².